The lowest BCUT2D eigenvalue weighted by Crippen LogP contribution is -2.28. The van der Waals surface area contributed by atoms with E-state index in [0.717, 1.165) is 17.3 Å². The first-order valence-corrected chi connectivity index (χ1v) is 12.2. The van der Waals surface area contributed by atoms with E-state index < -0.39 is 17.7 Å². The van der Waals surface area contributed by atoms with Gasteiger partial charge in [-0.15, -0.1) is 5.73 Å². The van der Waals surface area contributed by atoms with Gasteiger partial charge in [0.25, 0.3) is 5.91 Å². The number of hydrogen-bond donors (Lipinski definition) is 4. The van der Waals surface area contributed by atoms with Crippen molar-refractivity contribution >= 4 is 17.3 Å². The molecule has 1 saturated heterocycles. The van der Waals surface area contributed by atoms with Crippen LogP contribution in [0.5, 0.6) is 0 Å². The summed E-state index contributed by atoms with van der Waals surface area (Å²) < 4.78 is 42.4. The number of alkyl halides is 3. The molecule has 206 valence electrons. The fourth-order valence-electron chi connectivity index (χ4n) is 4.33. The standard InChI is InChI=1S/C27H31F3N8O/c1-16-4-5-18(10-25(16)38(33)15-24(32)23-13-34-36(3)17(23)2)26(39)35-21-11-19(27(28,29)30)6-7-22(12-21)37-9-8-20(31)14-37/h4-5,7,10-13,15,20H,8-9,14,31-33H2,1-3H3,(H,35,39)/b24-15-. The summed E-state index contributed by atoms with van der Waals surface area (Å²) in [4.78, 5) is 15.1. The number of benzene rings is 1. The molecule has 1 amide bonds. The average molecular weight is 541 g/mol. The van der Waals surface area contributed by atoms with Gasteiger partial charge in [0, 0.05) is 66.7 Å². The average Bonchev–Trinajstić information content (AvgIpc) is 3.36. The van der Waals surface area contributed by atoms with Gasteiger partial charge >= 0.3 is 6.18 Å². The maximum absolute atomic E-state index is 13.6. The zero-order valence-corrected chi connectivity index (χ0v) is 21.9. The number of anilines is 1. The third-order valence-electron chi connectivity index (χ3n) is 6.71. The third kappa shape index (κ3) is 6.26. The molecule has 1 aromatic heterocycles. The maximum atomic E-state index is 13.6. The van der Waals surface area contributed by atoms with Gasteiger partial charge < -0.3 is 21.7 Å². The van der Waals surface area contributed by atoms with Crippen LogP contribution in [0.15, 0.2) is 71.5 Å². The largest absolute Gasteiger partial charge is 0.423 e. The predicted molar refractivity (Wildman–Crippen MR) is 143 cm³/mol. The van der Waals surface area contributed by atoms with Crippen LogP contribution in [0, 0.1) is 13.8 Å². The number of nitrogens with one attached hydrogen (secondary N) is 1. The Labute approximate surface area is 224 Å². The molecule has 4 rings (SSSR count). The molecule has 12 heteroatoms. The van der Waals surface area contributed by atoms with E-state index in [1.165, 1.54) is 23.4 Å². The molecule has 2 aliphatic rings. The second-order valence-corrected chi connectivity index (χ2v) is 9.58. The summed E-state index contributed by atoms with van der Waals surface area (Å²) in [5.41, 5.74) is 17.4. The molecule has 0 radical (unpaired) electrons. The fraction of sp³-hybridized carbons (Fsp3) is 0.296. The molecule has 1 aromatic carbocycles. The van der Waals surface area contributed by atoms with E-state index in [2.05, 4.69) is 16.1 Å². The van der Waals surface area contributed by atoms with Gasteiger partial charge in [-0.25, -0.2) is 5.84 Å². The van der Waals surface area contributed by atoms with Crippen LogP contribution >= 0.6 is 0 Å². The molecule has 1 fully saturated rings. The van der Waals surface area contributed by atoms with Crippen molar-refractivity contribution < 1.29 is 18.0 Å². The van der Waals surface area contributed by atoms with E-state index in [9.17, 15) is 18.0 Å². The van der Waals surface area contributed by atoms with E-state index in [-0.39, 0.29) is 17.3 Å². The topological polar surface area (TPSA) is 131 Å². The van der Waals surface area contributed by atoms with E-state index >= 15 is 0 Å². The molecule has 9 nitrogen and oxygen atoms in total. The van der Waals surface area contributed by atoms with Gasteiger partial charge in [-0.3, -0.25) is 14.5 Å². The third-order valence-corrected chi connectivity index (χ3v) is 6.71. The van der Waals surface area contributed by atoms with Crippen molar-refractivity contribution in [3.05, 3.63) is 93.9 Å². The number of rotatable bonds is 6. The van der Waals surface area contributed by atoms with Crippen LogP contribution < -0.4 is 27.6 Å². The highest BCUT2D eigenvalue weighted by molar-refractivity contribution is 5.97. The number of nitrogens with zero attached hydrogens (tertiary/aromatic N) is 4. The van der Waals surface area contributed by atoms with E-state index in [4.69, 9.17) is 17.3 Å². The van der Waals surface area contributed by atoms with Crippen molar-refractivity contribution in [1.29, 1.82) is 0 Å². The Kier molecular flexibility index (Phi) is 7.73. The second-order valence-electron chi connectivity index (χ2n) is 9.58. The Morgan fingerprint density at radius 2 is 2.03 bits per heavy atom. The van der Waals surface area contributed by atoms with Crippen LogP contribution in [0.25, 0.3) is 5.70 Å². The minimum atomic E-state index is -4.65. The van der Waals surface area contributed by atoms with Gasteiger partial charge in [-0.05, 0) is 50.1 Å². The molecule has 0 bridgehead atoms. The molecule has 2 heterocycles. The number of hydrazine groups is 1. The van der Waals surface area contributed by atoms with E-state index in [1.54, 1.807) is 36.1 Å². The molecule has 1 atom stereocenters. The number of carbonyl (C=O) groups is 1. The quantitative estimate of drug-likeness (QED) is 0.252. The molecule has 1 aliphatic carbocycles. The van der Waals surface area contributed by atoms with Crippen molar-refractivity contribution in [2.45, 2.75) is 32.5 Å². The minimum Gasteiger partial charge on any atom is -0.397 e. The molecule has 0 saturated carbocycles. The molecule has 7 N–H and O–H groups in total. The monoisotopic (exact) mass is 540 g/mol. The van der Waals surface area contributed by atoms with Crippen molar-refractivity contribution in [1.82, 2.24) is 20.0 Å². The zero-order valence-electron chi connectivity index (χ0n) is 21.9. The number of nitrogens with two attached hydrogens (primary N) is 3. The normalized spacial score (nSPS) is 17.9. The lowest BCUT2D eigenvalue weighted by Gasteiger charge is -2.20. The second kappa shape index (κ2) is 10.9. The van der Waals surface area contributed by atoms with Crippen LogP contribution in [-0.2, 0) is 7.05 Å². The molecule has 39 heavy (non-hydrogen) atoms. The lowest BCUT2D eigenvalue weighted by atomic mass is 10.1. The van der Waals surface area contributed by atoms with Crippen LogP contribution in [0.2, 0.25) is 0 Å². The van der Waals surface area contributed by atoms with Gasteiger partial charge in [0.1, 0.15) is 0 Å². The van der Waals surface area contributed by atoms with E-state index in [1.807, 2.05) is 18.7 Å². The molecule has 0 spiro atoms. The summed E-state index contributed by atoms with van der Waals surface area (Å²) in [5.74, 6) is 5.67. The highest BCUT2D eigenvalue weighted by Crippen LogP contribution is 2.29. The van der Waals surface area contributed by atoms with Crippen LogP contribution in [0.1, 0.15) is 33.6 Å². The highest BCUT2D eigenvalue weighted by atomic mass is 19.4. The molecular formula is C27H31F3N8O. The molecule has 1 aliphatic heterocycles. The Hall–Kier alpha value is -4.25. The Morgan fingerprint density at radius 3 is 2.64 bits per heavy atom. The Morgan fingerprint density at radius 1 is 1.28 bits per heavy atom. The smallest absolute Gasteiger partial charge is 0.397 e. The van der Waals surface area contributed by atoms with E-state index in [0.29, 0.717) is 42.2 Å². The summed E-state index contributed by atoms with van der Waals surface area (Å²) in [6.07, 6.45) is 2.84. The van der Waals surface area contributed by atoms with Gasteiger partial charge in [-0.1, -0.05) is 6.07 Å². The van der Waals surface area contributed by atoms with Crippen LogP contribution in [0.3, 0.4) is 0 Å². The Bertz CT molecular complexity index is 1440. The summed E-state index contributed by atoms with van der Waals surface area (Å²) in [5, 5.41) is 8.07. The van der Waals surface area contributed by atoms with Gasteiger partial charge in [0.2, 0.25) is 0 Å². The number of aryl methyl sites for hydroxylation is 2. The van der Waals surface area contributed by atoms with Crippen molar-refractivity contribution in [3.8, 4) is 0 Å². The lowest BCUT2D eigenvalue weighted by molar-refractivity contribution is -0.0880. The first kappa shape index (κ1) is 27.8. The number of aromatic nitrogens is 2. The van der Waals surface area contributed by atoms with Crippen molar-refractivity contribution in [3.63, 3.8) is 0 Å². The first-order chi connectivity index (χ1) is 18.3. The fourth-order valence-corrected chi connectivity index (χ4v) is 4.33. The zero-order chi connectivity index (χ0) is 28.5. The SMILES string of the molecule is Cc1ccc(C(=O)NC2=CC(C(F)(F)F)=C=CC(N3CCC(N)C3)=C2)cc1N(N)/C=C(\N)c1cnn(C)c1C. The van der Waals surface area contributed by atoms with Crippen molar-refractivity contribution in [2.24, 2.45) is 24.4 Å². The minimum absolute atomic E-state index is 0.0213. The Balaban J connectivity index is 1.60. The maximum Gasteiger partial charge on any atom is 0.423 e. The number of halogens is 3. The summed E-state index contributed by atoms with van der Waals surface area (Å²) >= 11 is 0. The van der Waals surface area contributed by atoms with Crippen LogP contribution in [0.4, 0.5) is 18.9 Å². The molecular weight excluding hydrogens is 509 g/mol. The highest BCUT2D eigenvalue weighted by Gasteiger charge is 2.33. The van der Waals surface area contributed by atoms with Gasteiger partial charge in [0.15, 0.2) is 0 Å². The predicted octanol–water partition coefficient (Wildman–Crippen LogP) is 2.86. The summed E-state index contributed by atoms with van der Waals surface area (Å²) in [6, 6.07) is 4.73. The van der Waals surface area contributed by atoms with Crippen LogP contribution in [-0.4, -0.2) is 45.9 Å². The number of amides is 1. The molecule has 1 unspecified atom stereocenters. The summed E-state index contributed by atoms with van der Waals surface area (Å²) in [6.45, 7) is 4.77. The molecule has 2 aromatic rings. The number of carbonyl (C=O) groups excluding carboxylic acids is 1. The number of hydrogen-bond acceptors (Lipinski definition) is 7. The number of allylic oxidation sites excluding steroid dienone is 3. The van der Waals surface area contributed by atoms with Gasteiger partial charge in [0.05, 0.1) is 23.2 Å². The van der Waals surface area contributed by atoms with Crippen molar-refractivity contribution in [2.75, 3.05) is 18.1 Å². The number of likely N-dealkylation sites (tertiary alicyclic amines) is 1. The first-order valence-electron chi connectivity index (χ1n) is 12.2. The summed E-state index contributed by atoms with van der Waals surface area (Å²) in [7, 11) is 1.80. The van der Waals surface area contributed by atoms with Gasteiger partial charge in [-0.2, -0.15) is 18.3 Å².